The van der Waals surface area contributed by atoms with Crippen molar-refractivity contribution in [1.29, 1.82) is 0 Å². The molecule has 4 aliphatic rings. The van der Waals surface area contributed by atoms with Gasteiger partial charge < -0.3 is 19.5 Å². The normalized spacial score (nSPS) is 44.2. The quantitative estimate of drug-likeness (QED) is 0.507. The second-order valence-corrected chi connectivity index (χ2v) is 11.0. The Balaban J connectivity index is 1.34. The number of hydrogen-bond donors (Lipinski definition) is 1. The molecule has 0 aromatic rings. The Labute approximate surface area is 178 Å². The molecule has 0 aliphatic heterocycles. The molecular formula is C25H43NO3. The van der Waals surface area contributed by atoms with Crippen LogP contribution in [-0.4, -0.2) is 62.7 Å². The van der Waals surface area contributed by atoms with Crippen molar-refractivity contribution in [1.82, 2.24) is 4.90 Å². The SMILES string of the molecule is CN(C)CCOCCO[C@@H]1C=C2CCC3C4CC[C@H](O)C4(C)CCC3[C@@]2(C)CC1. The van der Waals surface area contributed by atoms with Gasteiger partial charge in [-0.1, -0.05) is 25.5 Å². The van der Waals surface area contributed by atoms with E-state index >= 15 is 0 Å². The molecule has 3 saturated carbocycles. The molecule has 0 spiro atoms. The highest BCUT2D eigenvalue weighted by atomic mass is 16.5. The summed E-state index contributed by atoms with van der Waals surface area (Å²) >= 11 is 0. The highest BCUT2D eigenvalue weighted by molar-refractivity contribution is 5.25. The van der Waals surface area contributed by atoms with Gasteiger partial charge in [-0.05, 0) is 94.0 Å². The maximum absolute atomic E-state index is 10.6. The van der Waals surface area contributed by atoms with E-state index in [1.807, 2.05) is 0 Å². The van der Waals surface area contributed by atoms with E-state index in [2.05, 4.69) is 38.9 Å². The van der Waals surface area contributed by atoms with Crippen molar-refractivity contribution in [2.75, 3.05) is 40.5 Å². The second-order valence-electron chi connectivity index (χ2n) is 11.0. The molecule has 4 rings (SSSR count). The average Bonchev–Trinajstić information content (AvgIpc) is 2.99. The first kappa shape index (κ1) is 21.8. The lowest BCUT2D eigenvalue weighted by Gasteiger charge is -2.58. The molecule has 0 aromatic carbocycles. The minimum atomic E-state index is -0.0673. The van der Waals surface area contributed by atoms with Crippen molar-refractivity contribution in [3.05, 3.63) is 11.6 Å². The molecule has 0 heterocycles. The van der Waals surface area contributed by atoms with E-state index in [-0.39, 0.29) is 17.6 Å². The molecule has 0 aromatic heterocycles. The molecule has 166 valence electrons. The van der Waals surface area contributed by atoms with Crippen LogP contribution < -0.4 is 0 Å². The number of nitrogens with zero attached hydrogens (tertiary/aromatic N) is 1. The smallest absolute Gasteiger partial charge is 0.0760 e. The zero-order valence-electron chi connectivity index (χ0n) is 19.2. The first-order valence-electron chi connectivity index (χ1n) is 12.1. The van der Waals surface area contributed by atoms with Gasteiger partial charge in [0.15, 0.2) is 0 Å². The van der Waals surface area contributed by atoms with Crippen LogP contribution >= 0.6 is 0 Å². The summed E-state index contributed by atoms with van der Waals surface area (Å²) in [4.78, 5) is 2.14. The summed E-state index contributed by atoms with van der Waals surface area (Å²) in [7, 11) is 4.14. The van der Waals surface area contributed by atoms with E-state index in [9.17, 15) is 5.11 Å². The average molecular weight is 406 g/mol. The van der Waals surface area contributed by atoms with Gasteiger partial charge in [-0.3, -0.25) is 0 Å². The van der Waals surface area contributed by atoms with Gasteiger partial charge in [0, 0.05) is 6.54 Å². The van der Waals surface area contributed by atoms with Gasteiger partial charge in [0.1, 0.15) is 0 Å². The molecule has 4 unspecified atom stereocenters. The fourth-order valence-electron chi connectivity index (χ4n) is 7.41. The largest absolute Gasteiger partial charge is 0.393 e. The molecule has 0 radical (unpaired) electrons. The molecule has 3 fully saturated rings. The molecule has 4 nitrogen and oxygen atoms in total. The minimum absolute atomic E-state index is 0.0673. The molecular weight excluding hydrogens is 362 g/mol. The third-order valence-electron chi connectivity index (χ3n) is 9.26. The van der Waals surface area contributed by atoms with Crippen LogP contribution in [0.25, 0.3) is 0 Å². The third kappa shape index (κ3) is 4.07. The van der Waals surface area contributed by atoms with Gasteiger partial charge in [-0.25, -0.2) is 0 Å². The van der Waals surface area contributed by atoms with Crippen LogP contribution in [-0.2, 0) is 9.47 Å². The van der Waals surface area contributed by atoms with Crippen molar-refractivity contribution in [2.45, 2.75) is 77.4 Å². The van der Waals surface area contributed by atoms with E-state index in [1.54, 1.807) is 5.57 Å². The number of aliphatic hydroxyl groups is 1. The van der Waals surface area contributed by atoms with Crippen molar-refractivity contribution in [3.63, 3.8) is 0 Å². The van der Waals surface area contributed by atoms with Crippen LogP contribution in [0.2, 0.25) is 0 Å². The number of ether oxygens (including phenoxy) is 2. The lowest BCUT2D eigenvalue weighted by Crippen LogP contribution is -2.51. The molecule has 1 N–H and O–H groups in total. The minimum Gasteiger partial charge on any atom is -0.393 e. The molecule has 4 aliphatic carbocycles. The van der Waals surface area contributed by atoms with Crippen LogP contribution in [0.5, 0.6) is 0 Å². The predicted molar refractivity (Wildman–Crippen MR) is 117 cm³/mol. The summed E-state index contributed by atoms with van der Waals surface area (Å²) in [5.74, 6) is 2.36. The standard InChI is InChI=1S/C25H43NO3/c1-24-11-9-19(29-16-15-28-14-13-26(3)4)17-18(24)5-6-20-21-7-8-23(27)25(21,2)12-10-22(20)24/h17,19-23,27H,5-16H2,1-4H3/t19-,20?,21?,22?,23-,24-,25?/m0/s1. The van der Waals surface area contributed by atoms with Gasteiger partial charge in [0.05, 0.1) is 32.0 Å². The van der Waals surface area contributed by atoms with Crippen molar-refractivity contribution in [2.24, 2.45) is 28.6 Å². The summed E-state index contributed by atoms with van der Waals surface area (Å²) in [6, 6.07) is 0. The fraction of sp³-hybridized carbons (Fsp3) is 0.920. The maximum Gasteiger partial charge on any atom is 0.0760 e. The van der Waals surface area contributed by atoms with Gasteiger partial charge in [0.2, 0.25) is 0 Å². The molecule has 0 saturated heterocycles. The number of fused-ring (bicyclic) bond motifs is 5. The highest BCUT2D eigenvalue weighted by Crippen LogP contribution is 2.65. The molecule has 7 atom stereocenters. The van der Waals surface area contributed by atoms with Gasteiger partial charge >= 0.3 is 0 Å². The monoisotopic (exact) mass is 405 g/mol. The molecule has 0 bridgehead atoms. The lowest BCUT2D eigenvalue weighted by molar-refractivity contribution is -0.0789. The van der Waals surface area contributed by atoms with Crippen LogP contribution in [0, 0.1) is 28.6 Å². The first-order valence-corrected chi connectivity index (χ1v) is 12.1. The summed E-state index contributed by atoms with van der Waals surface area (Å²) in [5.41, 5.74) is 2.22. The van der Waals surface area contributed by atoms with Crippen LogP contribution in [0.15, 0.2) is 11.6 Å². The maximum atomic E-state index is 10.6. The zero-order valence-corrected chi connectivity index (χ0v) is 19.2. The Hall–Kier alpha value is -0.420. The van der Waals surface area contributed by atoms with Gasteiger partial charge in [0.25, 0.3) is 0 Å². The third-order valence-corrected chi connectivity index (χ3v) is 9.26. The number of rotatable bonds is 7. The first-order chi connectivity index (χ1) is 13.8. The Bertz CT molecular complexity index is 605. The summed E-state index contributed by atoms with van der Waals surface area (Å²) < 4.78 is 11.9. The van der Waals surface area contributed by atoms with Crippen molar-refractivity contribution >= 4 is 0 Å². The van der Waals surface area contributed by atoms with Gasteiger partial charge in [-0.2, -0.15) is 0 Å². The fourth-order valence-corrected chi connectivity index (χ4v) is 7.41. The predicted octanol–water partition coefficient (Wildman–Crippen LogP) is 4.27. The number of hydrogen-bond acceptors (Lipinski definition) is 4. The van der Waals surface area contributed by atoms with Gasteiger partial charge in [-0.15, -0.1) is 0 Å². The lowest BCUT2D eigenvalue weighted by atomic mass is 9.47. The Morgan fingerprint density at radius 1 is 1.00 bits per heavy atom. The van der Waals surface area contributed by atoms with Crippen molar-refractivity contribution < 1.29 is 14.6 Å². The number of likely N-dealkylation sites (N-methyl/N-ethyl adjacent to an activating group) is 1. The zero-order chi connectivity index (χ0) is 20.6. The highest BCUT2D eigenvalue weighted by Gasteiger charge is 2.58. The molecule has 29 heavy (non-hydrogen) atoms. The van der Waals surface area contributed by atoms with E-state index in [0.29, 0.717) is 18.6 Å². The number of aliphatic hydroxyl groups excluding tert-OH is 1. The Kier molecular flexibility index (Phi) is 6.47. The Morgan fingerprint density at radius 3 is 2.62 bits per heavy atom. The van der Waals surface area contributed by atoms with Crippen LogP contribution in [0.3, 0.4) is 0 Å². The summed E-state index contributed by atoms with van der Waals surface area (Å²) in [6.45, 7) is 8.05. The van der Waals surface area contributed by atoms with E-state index in [4.69, 9.17) is 9.47 Å². The van der Waals surface area contributed by atoms with Crippen LogP contribution in [0.4, 0.5) is 0 Å². The second kappa shape index (κ2) is 8.61. The van der Waals surface area contributed by atoms with Crippen LogP contribution in [0.1, 0.15) is 65.2 Å². The molecule has 0 amide bonds. The summed E-state index contributed by atoms with van der Waals surface area (Å²) in [6.07, 6.45) is 12.4. The molecule has 4 heteroatoms. The van der Waals surface area contributed by atoms with E-state index in [1.165, 1.54) is 38.5 Å². The summed E-state index contributed by atoms with van der Waals surface area (Å²) in [5, 5.41) is 10.6. The topological polar surface area (TPSA) is 41.9 Å². The van der Waals surface area contributed by atoms with E-state index in [0.717, 1.165) is 43.7 Å². The van der Waals surface area contributed by atoms with E-state index < -0.39 is 0 Å². The van der Waals surface area contributed by atoms with Crippen molar-refractivity contribution in [3.8, 4) is 0 Å². The number of allylic oxidation sites excluding steroid dienone is 1. The Morgan fingerprint density at radius 2 is 1.83 bits per heavy atom.